The maximum atomic E-state index is 13.0. The van der Waals surface area contributed by atoms with Gasteiger partial charge in [-0.3, -0.25) is 14.5 Å². The fraction of sp³-hybridized carbons (Fsp3) is 0.231. The molecule has 0 saturated carbocycles. The number of nitrogens with one attached hydrogen (secondary N) is 2. The molecule has 0 aliphatic carbocycles. The highest BCUT2D eigenvalue weighted by Crippen LogP contribution is 2.21. The van der Waals surface area contributed by atoms with Crippen LogP contribution in [0.3, 0.4) is 0 Å². The van der Waals surface area contributed by atoms with Gasteiger partial charge in [-0.1, -0.05) is 24.3 Å². The van der Waals surface area contributed by atoms with Gasteiger partial charge in [-0.25, -0.2) is 0 Å². The van der Waals surface area contributed by atoms with E-state index < -0.39 is 0 Å². The Balaban J connectivity index is 1.44. The van der Waals surface area contributed by atoms with Crippen molar-refractivity contribution in [1.29, 1.82) is 0 Å². The summed E-state index contributed by atoms with van der Waals surface area (Å²) in [5.74, 6) is 2.43. The molecule has 4 rings (SSSR count). The van der Waals surface area contributed by atoms with Crippen molar-refractivity contribution in [2.75, 3.05) is 42.3 Å². The number of nitrogens with zero attached hydrogens (tertiary/aromatic N) is 1. The molecule has 170 valence electrons. The second-order valence-corrected chi connectivity index (χ2v) is 9.00. The van der Waals surface area contributed by atoms with Gasteiger partial charge in [-0.2, -0.15) is 11.8 Å². The standard InChI is InChI=1S/C26H27N3O3S/c1-32-22-11-9-20(10-12-22)25(30)28-24-8-3-2-7-23(24)26(31)27-21-6-4-5-19(17-21)18-29-13-15-33-16-14-29/h2-12,17H,13-16,18H2,1H3,(H,27,31)(H,28,30). The molecule has 0 radical (unpaired) electrons. The molecule has 0 spiro atoms. The molecule has 7 heteroatoms. The summed E-state index contributed by atoms with van der Waals surface area (Å²) in [7, 11) is 1.58. The lowest BCUT2D eigenvalue weighted by molar-refractivity contribution is 0.102. The van der Waals surface area contributed by atoms with Gasteiger partial charge in [0.2, 0.25) is 0 Å². The van der Waals surface area contributed by atoms with E-state index in [1.807, 2.05) is 30.0 Å². The van der Waals surface area contributed by atoms with Crippen LogP contribution in [0.15, 0.2) is 72.8 Å². The van der Waals surface area contributed by atoms with Gasteiger partial charge in [0, 0.05) is 42.4 Å². The van der Waals surface area contributed by atoms with Crippen molar-refractivity contribution in [1.82, 2.24) is 4.90 Å². The lowest BCUT2D eigenvalue weighted by Crippen LogP contribution is -2.31. The summed E-state index contributed by atoms with van der Waals surface area (Å²) in [5.41, 5.74) is 3.24. The third kappa shape index (κ3) is 6.15. The number of hydrogen-bond donors (Lipinski definition) is 2. The monoisotopic (exact) mass is 461 g/mol. The normalized spacial score (nSPS) is 13.8. The average Bonchev–Trinajstić information content (AvgIpc) is 2.85. The molecule has 3 aromatic rings. The number of para-hydroxylation sites is 1. The maximum absolute atomic E-state index is 13.0. The lowest BCUT2D eigenvalue weighted by atomic mass is 10.1. The van der Waals surface area contributed by atoms with Gasteiger partial charge < -0.3 is 15.4 Å². The molecule has 0 unspecified atom stereocenters. The molecule has 0 atom stereocenters. The van der Waals surface area contributed by atoms with Crippen LogP contribution in [0.25, 0.3) is 0 Å². The van der Waals surface area contributed by atoms with Crippen LogP contribution in [-0.4, -0.2) is 48.4 Å². The molecule has 2 amide bonds. The van der Waals surface area contributed by atoms with Crippen molar-refractivity contribution >= 4 is 35.0 Å². The first-order valence-corrected chi connectivity index (χ1v) is 12.0. The first kappa shape index (κ1) is 22.9. The Labute approximate surface area is 198 Å². The van der Waals surface area contributed by atoms with E-state index in [2.05, 4.69) is 21.6 Å². The molecule has 2 N–H and O–H groups in total. The molecule has 33 heavy (non-hydrogen) atoms. The largest absolute Gasteiger partial charge is 0.497 e. The first-order chi connectivity index (χ1) is 16.1. The van der Waals surface area contributed by atoms with Gasteiger partial charge in [-0.15, -0.1) is 0 Å². The van der Waals surface area contributed by atoms with Crippen molar-refractivity contribution in [3.05, 3.63) is 89.5 Å². The molecule has 3 aromatic carbocycles. The SMILES string of the molecule is COc1ccc(C(=O)Nc2ccccc2C(=O)Nc2cccc(CN3CCSCC3)c2)cc1. The molecule has 0 aromatic heterocycles. The highest BCUT2D eigenvalue weighted by atomic mass is 32.2. The molecular weight excluding hydrogens is 434 g/mol. The minimum absolute atomic E-state index is 0.271. The minimum Gasteiger partial charge on any atom is -0.497 e. The molecule has 0 bridgehead atoms. The van der Waals surface area contributed by atoms with E-state index in [4.69, 9.17) is 4.74 Å². The Morgan fingerprint density at radius 2 is 1.67 bits per heavy atom. The number of methoxy groups -OCH3 is 1. The molecule has 1 heterocycles. The Morgan fingerprint density at radius 1 is 0.909 bits per heavy atom. The van der Waals surface area contributed by atoms with Gasteiger partial charge >= 0.3 is 0 Å². The summed E-state index contributed by atoms with van der Waals surface area (Å²) in [5, 5.41) is 5.82. The van der Waals surface area contributed by atoms with Crippen LogP contribution in [0, 0.1) is 0 Å². The summed E-state index contributed by atoms with van der Waals surface area (Å²) in [6, 6.07) is 21.8. The van der Waals surface area contributed by atoms with Crippen LogP contribution in [0.5, 0.6) is 5.75 Å². The van der Waals surface area contributed by atoms with E-state index >= 15 is 0 Å². The Hall–Kier alpha value is -3.29. The van der Waals surface area contributed by atoms with Crippen molar-refractivity contribution in [3.63, 3.8) is 0 Å². The molecule has 1 saturated heterocycles. The first-order valence-electron chi connectivity index (χ1n) is 10.9. The summed E-state index contributed by atoms with van der Waals surface area (Å²) in [4.78, 5) is 28.2. The summed E-state index contributed by atoms with van der Waals surface area (Å²) < 4.78 is 5.14. The molecule has 6 nitrogen and oxygen atoms in total. The van der Waals surface area contributed by atoms with Crippen LogP contribution < -0.4 is 15.4 Å². The van der Waals surface area contributed by atoms with Gasteiger partial charge in [0.25, 0.3) is 11.8 Å². The van der Waals surface area contributed by atoms with Crippen LogP contribution in [0.2, 0.25) is 0 Å². The number of carbonyl (C=O) groups is 2. The van der Waals surface area contributed by atoms with Crippen LogP contribution in [0.4, 0.5) is 11.4 Å². The van der Waals surface area contributed by atoms with Crippen LogP contribution >= 0.6 is 11.8 Å². The number of carbonyl (C=O) groups excluding carboxylic acids is 2. The number of rotatable bonds is 7. The zero-order chi connectivity index (χ0) is 23.0. The molecule has 1 fully saturated rings. The molecule has 1 aliphatic heterocycles. The number of ether oxygens (including phenoxy) is 1. The van der Waals surface area contributed by atoms with E-state index in [0.29, 0.717) is 22.6 Å². The van der Waals surface area contributed by atoms with E-state index in [9.17, 15) is 9.59 Å². The van der Waals surface area contributed by atoms with Crippen molar-refractivity contribution < 1.29 is 14.3 Å². The van der Waals surface area contributed by atoms with Crippen LogP contribution in [0.1, 0.15) is 26.3 Å². The van der Waals surface area contributed by atoms with Crippen molar-refractivity contribution in [3.8, 4) is 5.75 Å². The summed E-state index contributed by atoms with van der Waals surface area (Å²) in [6.45, 7) is 3.05. The second-order valence-electron chi connectivity index (χ2n) is 7.77. The smallest absolute Gasteiger partial charge is 0.257 e. The number of thioether (sulfide) groups is 1. The topological polar surface area (TPSA) is 70.7 Å². The fourth-order valence-electron chi connectivity index (χ4n) is 3.69. The highest BCUT2D eigenvalue weighted by Gasteiger charge is 2.15. The van der Waals surface area contributed by atoms with Gasteiger partial charge in [0.1, 0.15) is 5.75 Å². The predicted molar refractivity (Wildman–Crippen MR) is 134 cm³/mol. The van der Waals surface area contributed by atoms with Crippen molar-refractivity contribution in [2.45, 2.75) is 6.54 Å². The Kier molecular flexibility index (Phi) is 7.65. The van der Waals surface area contributed by atoms with Crippen molar-refractivity contribution in [2.24, 2.45) is 0 Å². The van der Waals surface area contributed by atoms with Gasteiger partial charge in [0.15, 0.2) is 0 Å². The summed E-state index contributed by atoms with van der Waals surface area (Å²) >= 11 is 1.99. The molecule has 1 aliphatic rings. The zero-order valence-electron chi connectivity index (χ0n) is 18.5. The highest BCUT2D eigenvalue weighted by molar-refractivity contribution is 7.99. The maximum Gasteiger partial charge on any atom is 0.257 e. The lowest BCUT2D eigenvalue weighted by Gasteiger charge is -2.26. The Bertz CT molecular complexity index is 1110. The fourth-order valence-corrected chi connectivity index (χ4v) is 4.67. The molecular formula is C26H27N3O3S. The third-order valence-corrected chi connectivity index (χ3v) is 6.41. The van der Waals surface area contributed by atoms with E-state index in [0.717, 1.165) is 36.8 Å². The van der Waals surface area contributed by atoms with Gasteiger partial charge in [-0.05, 0) is 54.1 Å². The number of benzene rings is 3. The predicted octanol–water partition coefficient (Wildman–Crippen LogP) is 4.75. The third-order valence-electron chi connectivity index (χ3n) is 5.47. The summed E-state index contributed by atoms with van der Waals surface area (Å²) in [6.07, 6.45) is 0. The second kappa shape index (κ2) is 11.0. The minimum atomic E-state index is -0.292. The Morgan fingerprint density at radius 3 is 2.42 bits per heavy atom. The quantitative estimate of drug-likeness (QED) is 0.531. The zero-order valence-corrected chi connectivity index (χ0v) is 19.4. The number of amides is 2. The average molecular weight is 462 g/mol. The van der Waals surface area contributed by atoms with Gasteiger partial charge in [0.05, 0.1) is 18.4 Å². The number of anilines is 2. The van der Waals surface area contributed by atoms with E-state index in [-0.39, 0.29) is 11.8 Å². The van der Waals surface area contributed by atoms with E-state index in [1.165, 1.54) is 5.56 Å². The number of hydrogen-bond acceptors (Lipinski definition) is 5. The van der Waals surface area contributed by atoms with E-state index in [1.54, 1.807) is 55.6 Å². The van der Waals surface area contributed by atoms with Crippen LogP contribution in [-0.2, 0) is 6.54 Å².